The Morgan fingerprint density at radius 2 is 1.76 bits per heavy atom. The lowest BCUT2D eigenvalue weighted by Crippen LogP contribution is -2.06. The smallest absolute Gasteiger partial charge is 0.305 e. The number of nitro benzene ring substituents is 1. The summed E-state index contributed by atoms with van der Waals surface area (Å²) in [7, 11) is 4.06. The quantitative estimate of drug-likeness (QED) is 0.313. The number of nitro groups is 1. The first-order chi connectivity index (χ1) is 10.0. The van der Waals surface area contributed by atoms with Crippen molar-refractivity contribution < 1.29 is 28.7 Å². The van der Waals surface area contributed by atoms with Crippen LogP contribution < -0.4 is 14.2 Å². The van der Waals surface area contributed by atoms with Crippen LogP contribution in [0.15, 0.2) is 12.1 Å². The van der Waals surface area contributed by atoms with Crippen LogP contribution in [0, 0.1) is 10.1 Å². The van der Waals surface area contributed by atoms with Crippen molar-refractivity contribution in [3.8, 4) is 17.2 Å². The van der Waals surface area contributed by atoms with Crippen molar-refractivity contribution in [1.29, 1.82) is 0 Å². The van der Waals surface area contributed by atoms with E-state index < -0.39 is 4.92 Å². The highest BCUT2D eigenvalue weighted by Crippen LogP contribution is 2.40. The number of esters is 1. The molecule has 0 aliphatic rings. The molecule has 21 heavy (non-hydrogen) atoms. The summed E-state index contributed by atoms with van der Waals surface area (Å²) in [4.78, 5) is 21.3. The third kappa shape index (κ3) is 4.51. The molecule has 0 bridgehead atoms. The van der Waals surface area contributed by atoms with Gasteiger partial charge in [-0.2, -0.15) is 0 Å². The number of methoxy groups -OCH3 is 3. The van der Waals surface area contributed by atoms with Gasteiger partial charge in [-0.05, 0) is 6.42 Å². The molecule has 1 rings (SSSR count). The minimum atomic E-state index is -0.550. The molecule has 1 aromatic carbocycles. The Bertz CT molecular complexity index is 490. The molecule has 116 valence electrons. The van der Waals surface area contributed by atoms with Crippen LogP contribution in [-0.4, -0.2) is 38.8 Å². The van der Waals surface area contributed by atoms with Crippen LogP contribution in [0.1, 0.15) is 12.8 Å². The maximum absolute atomic E-state index is 11.0. The molecule has 0 radical (unpaired) electrons. The number of rotatable bonds is 8. The maximum atomic E-state index is 11.0. The van der Waals surface area contributed by atoms with E-state index in [1.54, 1.807) is 0 Å². The molecule has 8 nitrogen and oxygen atoms in total. The van der Waals surface area contributed by atoms with Gasteiger partial charge in [0.05, 0.1) is 45.0 Å². The molecule has 0 heterocycles. The summed E-state index contributed by atoms with van der Waals surface area (Å²) in [5.41, 5.74) is -0.161. The molecule has 0 aliphatic carbocycles. The van der Waals surface area contributed by atoms with Crippen LogP contribution >= 0.6 is 0 Å². The van der Waals surface area contributed by atoms with Crippen molar-refractivity contribution >= 4 is 11.7 Å². The molecule has 0 unspecified atom stereocenters. The molecule has 0 aromatic heterocycles. The van der Waals surface area contributed by atoms with E-state index in [4.69, 9.17) is 14.2 Å². The summed E-state index contributed by atoms with van der Waals surface area (Å²) in [6.45, 7) is 0.222. The zero-order valence-electron chi connectivity index (χ0n) is 12.1. The van der Waals surface area contributed by atoms with Gasteiger partial charge in [0.1, 0.15) is 0 Å². The molecule has 0 aliphatic heterocycles. The van der Waals surface area contributed by atoms with Gasteiger partial charge in [0, 0.05) is 6.42 Å². The van der Waals surface area contributed by atoms with E-state index in [2.05, 4.69) is 4.74 Å². The molecular weight excluding hydrogens is 282 g/mol. The van der Waals surface area contributed by atoms with Crippen LogP contribution in [0.2, 0.25) is 0 Å². The second-order valence-electron chi connectivity index (χ2n) is 3.96. The summed E-state index contributed by atoms with van der Waals surface area (Å²) in [6, 6.07) is 2.50. The average Bonchev–Trinajstić information content (AvgIpc) is 2.50. The molecule has 0 saturated carbocycles. The molecule has 0 spiro atoms. The van der Waals surface area contributed by atoms with E-state index in [9.17, 15) is 14.9 Å². The van der Waals surface area contributed by atoms with Gasteiger partial charge in [0.15, 0.2) is 11.5 Å². The maximum Gasteiger partial charge on any atom is 0.305 e. The fraction of sp³-hybridized carbons (Fsp3) is 0.462. The number of carbonyl (C=O) groups excluding carboxylic acids is 1. The highest BCUT2D eigenvalue weighted by molar-refractivity contribution is 5.69. The minimum Gasteiger partial charge on any atom is -0.492 e. The molecule has 8 heteroatoms. The van der Waals surface area contributed by atoms with Gasteiger partial charge in [-0.1, -0.05) is 0 Å². The van der Waals surface area contributed by atoms with Gasteiger partial charge >= 0.3 is 5.97 Å². The largest absolute Gasteiger partial charge is 0.492 e. The normalized spacial score (nSPS) is 9.86. The lowest BCUT2D eigenvalue weighted by atomic mass is 10.2. The fourth-order valence-corrected chi connectivity index (χ4v) is 1.61. The number of benzene rings is 1. The Balaban J connectivity index is 2.84. The van der Waals surface area contributed by atoms with E-state index >= 15 is 0 Å². The molecule has 1 aromatic rings. The SMILES string of the molecule is COC(=O)CCCOc1c(OC)cc([N+](=O)[O-])cc1OC. The first-order valence-electron chi connectivity index (χ1n) is 6.13. The van der Waals surface area contributed by atoms with Gasteiger partial charge in [-0.25, -0.2) is 0 Å². The third-order valence-corrected chi connectivity index (χ3v) is 2.66. The number of nitrogens with zero attached hydrogens (tertiary/aromatic N) is 1. The molecule has 0 atom stereocenters. The van der Waals surface area contributed by atoms with Crippen LogP contribution in [0.25, 0.3) is 0 Å². The van der Waals surface area contributed by atoms with Crippen molar-refractivity contribution in [2.75, 3.05) is 27.9 Å². The standard InChI is InChI=1S/C13H17NO7/c1-18-10-7-9(14(16)17)8-11(19-2)13(10)21-6-4-5-12(15)20-3/h7-8H,4-6H2,1-3H3. The Labute approximate surface area is 121 Å². The van der Waals surface area contributed by atoms with Gasteiger partial charge in [0.2, 0.25) is 5.75 Å². The fourth-order valence-electron chi connectivity index (χ4n) is 1.61. The van der Waals surface area contributed by atoms with E-state index in [0.717, 1.165) is 0 Å². The topological polar surface area (TPSA) is 97.1 Å². The number of non-ortho nitro benzene ring substituents is 1. The number of hydrogen-bond donors (Lipinski definition) is 0. The minimum absolute atomic E-state index is 0.161. The van der Waals surface area contributed by atoms with Crippen molar-refractivity contribution in [2.24, 2.45) is 0 Å². The van der Waals surface area contributed by atoms with Crippen LogP contribution in [-0.2, 0) is 9.53 Å². The second-order valence-corrected chi connectivity index (χ2v) is 3.96. The Morgan fingerprint density at radius 3 is 2.19 bits per heavy atom. The predicted octanol–water partition coefficient (Wildman–Crippen LogP) is 1.94. The third-order valence-electron chi connectivity index (χ3n) is 2.66. The second kappa shape index (κ2) is 7.93. The summed E-state index contributed by atoms with van der Waals surface area (Å²) >= 11 is 0. The summed E-state index contributed by atoms with van der Waals surface area (Å²) in [5.74, 6) is 0.315. The zero-order valence-corrected chi connectivity index (χ0v) is 12.1. The van der Waals surface area contributed by atoms with Gasteiger partial charge in [0.25, 0.3) is 5.69 Å². The molecule has 0 N–H and O–H groups in total. The van der Waals surface area contributed by atoms with E-state index in [-0.39, 0.29) is 41.9 Å². The lowest BCUT2D eigenvalue weighted by Gasteiger charge is -2.14. The summed E-state index contributed by atoms with van der Waals surface area (Å²) in [6.07, 6.45) is 0.657. The van der Waals surface area contributed by atoms with E-state index in [1.807, 2.05) is 0 Å². The molecule has 0 amide bonds. The van der Waals surface area contributed by atoms with E-state index in [0.29, 0.717) is 6.42 Å². The first-order valence-corrected chi connectivity index (χ1v) is 6.13. The highest BCUT2D eigenvalue weighted by Gasteiger charge is 2.19. The molecular formula is C13H17NO7. The van der Waals surface area contributed by atoms with Crippen LogP contribution in [0.3, 0.4) is 0 Å². The molecule has 0 saturated heterocycles. The number of hydrogen-bond acceptors (Lipinski definition) is 7. The molecule has 0 fully saturated rings. The van der Waals surface area contributed by atoms with Crippen LogP contribution in [0.4, 0.5) is 5.69 Å². The van der Waals surface area contributed by atoms with Gasteiger partial charge < -0.3 is 18.9 Å². The zero-order chi connectivity index (χ0) is 15.8. The summed E-state index contributed by atoms with van der Waals surface area (Å²) in [5, 5.41) is 10.8. The Hall–Kier alpha value is -2.51. The Morgan fingerprint density at radius 1 is 1.19 bits per heavy atom. The Kier molecular flexibility index (Phi) is 6.25. The monoisotopic (exact) mass is 299 g/mol. The highest BCUT2D eigenvalue weighted by atomic mass is 16.6. The average molecular weight is 299 g/mol. The van der Waals surface area contributed by atoms with Crippen LogP contribution in [0.5, 0.6) is 17.2 Å². The van der Waals surface area contributed by atoms with Crippen molar-refractivity contribution in [3.05, 3.63) is 22.2 Å². The number of ether oxygens (including phenoxy) is 4. The predicted molar refractivity (Wildman–Crippen MR) is 72.9 cm³/mol. The lowest BCUT2D eigenvalue weighted by molar-refractivity contribution is -0.385. The summed E-state index contributed by atoms with van der Waals surface area (Å²) < 4.78 is 20.2. The van der Waals surface area contributed by atoms with E-state index in [1.165, 1.54) is 33.5 Å². The van der Waals surface area contributed by atoms with Crippen molar-refractivity contribution in [2.45, 2.75) is 12.8 Å². The van der Waals surface area contributed by atoms with Crippen molar-refractivity contribution in [3.63, 3.8) is 0 Å². The number of carbonyl (C=O) groups is 1. The first kappa shape index (κ1) is 16.5. The van der Waals surface area contributed by atoms with Gasteiger partial charge in [-0.15, -0.1) is 0 Å². The van der Waals surface area contributed by atoms with Crippen molar-refractivity contribution in [1.82, 2.24) is 0 Å². The van der Waals surface area contributed by atoms with Gasteiger partial charge in [-0.3, -0.25) is 14.9 Å².